The van der Waals surface area contributed by atoms with Gasteiger partial charge in [0.25, 0.3) is 0 Å². The second kappa shape index (κ2) is 18.5. The molecule has 276 valence electrons. The van der Waals surface area contributed by atoms with Crippen LogP contribution in [0.4, 0.5) is 4.79 Å². The zero-order valence-corrected chi connectivity index (χ0v) is 30.5. The van der Waals surface area contributed by atoms with E-state index in [9.17, 15) is 19.2 Å². The van der Waals surface area contributed by atoms with Crippen LogP contribution in [0.15, 0.2) is 90.9 Å². The molecule has 0 radical (unpaired) electrons. The lowest BCUT2D eigenvalue weighted by molar-refractivity contribution is -0.130. The third kappa shape index (κ3) is 10.5. The van der Waals surface area contributed by atoms with Gasteiger partial charge in [0.2, 0.25) is 11.8 Å². The van der Waals surface area contributed by atoms with E-state index in [1.165, 1.54) is 6.08 Å². The number of hydrogen-bond donors (Lipinski definition) is 3. The molecule has 1 aromatic heterocycles. The number of likely N-dealkylation sites (tertiary alicyclic amines) is 1. The normalized spacial score (nSPS) is 14.4. The average molecular weight is 718 g/mol. The highest BCUT2D eigenvalue weighted by atomic mass is 16.5. The maximum atomic E-state index is 13.7. The Morgan fingerprint density at radius 3 is 2.23 bits per heavy atom. The number of nitrogens with zero attached hydrogens (tertiary/aromatic N) is 3. The van der Waals surface area contributed by atoms with E-state index in [2.05, 4.69) is 15.6 Å². The smallest absolute Gasteiger partial charge is 0.404 e. The average Bonchev–Trinajstić information content (AvgIpc) is 3.61. The van der Waals surface area contributed by atoms with E-state index in [1.54, 1.807) is 55.9 Å². The topological polar surface area (TPSA) is 143 Å². The molecule has 1 fully saturated rings. The summed E-state index contributed by atoms with van der Waals surface area (Å²) in [5.74, 6) is 0.389. The van der Waals surface area contributed by atoms with E-state index in [-0.39, 0.29) is 23.6 Å². The van der Waals surface area contributed by atoms with Crippen molar-refractivity contribution < 1.29 is 29.0 Å². The first-order chi connectivity index (χ1) is 25.6. The highest BCUT2D eigenvalue weighted by Crippen LogP contribution is 2.31. The van der Waals surface area contributed by atoms with Gasteiger partial charge in [0.15, 0.2) is 5.78 Å². The molecule has 0 saturated carbocycles. The number of unbranched alkanes of at least 4 members (excludes halogenated alkanes) is 3. The van der Waals surface area contributed by atoms with Gasteiger partial charge in [-0.25, -0.2) is 9.78 Å². The summed E-state index contributed by atoms with van der Waals surface area (Å²) in [6, 6.07) is 20.3. The van der Waals surface area contributed by atoms with Crippen molar-refractivity contribution in [2.75, 3.05) is 26.7 Å². The number of nitrogens with one attached hydrogen (secondary N) is 2. The molecule has 2 heterocycles. The Hall–Kier alpha value is -5.97. The van der Waals surface area contributed by atoms with E-state index in [0.29, 0.717) is 42.9 Å². The van der Waals surface area contributed by atoms with Crippen molar-refractivity contribution >= 4 is 35.8 Å². The van der Waals surface area contributed by atoms with Gasteiger partial charge in [0, 0.05) is 48.6 Å². The molecule has 11 nitrogen and oxygen atoms in total. The monoisotopic (exact) mass is 717 g/mol. The molecule has 3 amide bonds. The van der Waals surface area contributed by atoms with E-state index in [4.69, 9.17) is 9.84 Å². The minimum Gasteiger partial charge on any atom is -0.495 e. The van der Waals surface area contributed by atoms with E-state index >= 15 is 0 Å². The maximum Gasteiger partial charge on any atom is 0.404 e. The molecular formula is C42H47N5O6. The van der Waals surface area contributed by atoms with Crippen LogP contribution in [0.25, 0.3) is 17.8 Å². The Bertz CT molecular complexity index is 1960. The summed E-state index contributed by atoms with van der Waals surface area (Å²) in [5, 5.41) is 13.8. The first-order valence-electron chi connectivity index (χ1n) is 18.0. The lowest BCUT2D eigenvalue weighted by Crippen LogP contribution is -2.38. The third-order valence-electron chi connectivity index (χ3n) is 9.32. The summed E-state index contributed by atoms with van der Waals surface area (Å²) in [4.78, 5) is 55.8. The maximum absolute atomic E-state index is 13.7. The number of piperidine rings is 1. The highest BCUT2D eigenvalue weighted by molar-refractivity contribution is 6.09. The minimum absolute atomic E-state index is 0.00323. The second-order valence-electron chi connectivity index (χ2n) is 13.1. The standard InChI is InChI=1S/C42H47N5O6/c1-29-27-46(28-45-29)37-20-12-32(26-38(37)53-3)25-36-9-8-24-47(41(36)50)30(2)33-16-18-35(19-17-33)40(49)34-14-10-31(11-15-34)13-21-39(48)43-22-6-4-5-7-23-44-42(51)52/h10-21,25-28,30,44H,4-9,22-24H2,1-3H3,(H,43,48)(H,51,52)/b21-13+,36-25+. The van der Waals surface area contributed by atoms with Crippen LogP contribution in [0.5, 0.6) is 5.75 Å². The number of carbonyl (C=O) groups excluding carboxylic acids is 3. The number of aryl methyl sites for hydroxylation is 1. The van der Waals surface area contributed by atoms with Gasteiger partial charge in [0.05, 0.1) is 30.9 Å². The molecule has 1 aliphatic rings. The Kier molecular flexibility index (Phi) is 13.4. The molecule has 3 N–H and O–H groups in total. The van der Waals surface area contributed by atoms with Crippen LogP contribution in [0.3, 0.4) is 0 Å². The number of amides is 3. The quantitative estimate of drug-likeness (QED) is 0.0635. The fraction of sp³-hybridized carbons (Fsp3) is 0.310. The van der Waals surface area contributed by atoms with Gasteiger partial charge >= 0.3 is 6.09 Å². The minimum atomic E-state index is -1.01. The number of carboxylic acid groups (broad SMARTS) is 1. The molecule has 1 atom stereocenters. The van der Waals surface area contributed by atoms with Gasteiger partial charge in [-0.2, -0.15) is 0 Å². The molecule has 0 aliphatic carbocycles. The zero-order valence-electron chi connectivity index (χ0n) is 30.5. The Balaban J connectivity index is 1.13. The second-order valence-corrected chi connectivity index (χ2v) is 13.1. The van der Waals surface area contributed by atoms with Crippen molar-refractivity contribution in [2.45, 2.75) is 58.4 Å². The van der Waals surface area contributed by atoms with Crippen LogP contribution in [0.1, 0.15) is 89.8 Å². The SMILES string of the molecule is COc1cc(/C=C2\CCCN(C(C)c3ccc(C(=O)c4ccc(/C=C/C(=O)NCCCCCCNC(=O)O)cc4)cc3)C2=O)ccc1-n1cnc(C)c1. The van der Waals surface area contributed by atoms with Crippen molar-refractivity contribution in [3.05, 3.63) is 124 Å². The predicted molar refractivity (Wildman–Crippen MR) is 205 cm³/mol. The van der Waals surface area contributed by atoms with Crippen LogP contribution in [-0.2, 0) is 9.59 Å². The summed E-state index contributed by atoms with van der Waals surface area (Å²) in [5.41, 5.74) is 6.26. The van der Waals surface area contributed by atoms with E-state index < -0.39 is 6.09 Å². The number of imidazole rings is 1. The van der Waals surface area contributed by atoms with Gasteiger partial charge < -0.3 is 29.9 Å². The molecule has 1 saturated heterocycles. The van der Waals surface area contributed by atoms with Gasteiger partial charge in [-0.3, -0.25) is 14.4 Å². The first kappa shape index (κ1) is 38.3. The number of hydrogen-bond acceptors (Lipinski definition) is 6. The Labute approximate surface area is 310 Å². The number of carbonyl (C=O) groups is 4. The summed E-state index contributed by atoms with van der Waals surface area (Å²) in [6.45, 7) is 5.58. The summed E-state index contributed by atoms with van der Waals surface area (Å²) in [7, 11) is 1.63. The molecule has 1 unspecified atom stereocenters. The van der Waals surface area contributed by atoms with Crippen LogP contribution in [0, 0.1) is 6.92 Å². The van der Waals surface area contributed by atoms with Crippen LogP contribution < -0.4 is 15.4 Å². The van der Waals surface area contributed by atoms with E-state index in [1.807, 2.05) is 65.9 Å². The number of ether oxygens (including phenoxy) is 1. The van der Waals surface area contributed by atoms with Crippen LogP contribution in [-0.4, -0.2) is 70.0 Å². The lowest BCUT2D eigenvalue weighted by Gasteiger charge is -2.34. The van der Waals surface area contributed by atoms with Crippen LogP contribution >= 0.6 is 0 Å². The predicted octanol–water partition coefficient (Wildman–Crippen LogP) is 7.14. The molecule has 0 spiro atoms. The number of benzene rings is 3. The number of rotatable bonds is 16. The Morgan fingerprint density at radius 1 is 0.925 bits per heavy atom. The summed E-state index contributed by atoms with van der Waals surface area (Å²) < 4.78 is 7.58. The molecule has 0 bridgehead atoms. The van der Waals surface area contributed by atoms with Gasteiger partial charge in [-0.05, 0) is 80.5 Å². The summed E-state index contributed by atoms with van der Waals surface area (Å²) >= 11 is 0. The number of methoxy groups -OCH3 is 1. The number of aromatic nitrogens is 2. The Morgan fingerprint density at radius 2 is 1.58 bits per heavy atom. The summed E-state index contributed by atoms with van der Waals surface area (Å²) in [6.07, 6.45) is 12.7. The van der Waals surface area contributed by atoms with E-state index in [0.717, 1.165) is 65.7 Å². The van der Waals surface area contributed by atoms with Crippen molar-refractivity contribution in [1.29, 1.82) is 0 Å². The fourth-order valence-corrected chi connectivity index (χ4v) is 6.33. The zero-order chi connectivity index (χ0) is 37.7. The number of ketones is 1. The molecule has 53 heavy (non-hydrogen) atoms. The van der Waals surface area contributed by atoms with Crippen molar-refractivity contribution in [2.24, 2.45) is 0 Å². The van der Waals surface area contributed by atoms with Crippen LogP contribution in [0.2, 0.25) is 0 Å². The largest absolute Gasteiger partial charge is 0.495 e. The van der Waals surface area contributed by atoms with Gasteiger partial charge in [0.1, 0.15) is 5.75 Å². The van der Waals surface area contributed by atoms with Crippen molar-refractivity contribution in [3.8, 4) is 11.4 Å². The molecule has 11 heteroatoms. The molecule has 1 aliphatic heterocycles. The molecule has 4 aromatic rings. The first-order valence-corrected chi connectivity index (χ1v) is 18.0. The molecule has 3 aromatic carbocycles. The molecular weight excluding hydrogens is 670 g/mol. The molecule has 5 rings (SSSR count). The van der Waals surface area contributed by atoms with Crippen molar-refractivity contribution in [3.63, 3.8) is 0 Å². The van der Waals surface area contributed by atoms with Gasteiger partial charge in [-0.15, -0.1) is 0 Å². The van der Waals surface area contributed by atoms with Gasteiger partial charge in [-0.1, -0.05) is 67.4 Å². The third-order valence-corrected chi connectivity index (χ3v) is 9.32. The lowest BCUT2D eigenvalue weighted by atomic mass is 9.96. The fourth-order valence-electron chi connectivity index (χ4n) is 6.33. The van der Waals surface area contributed by atoms with Crippen molar-refractivity contribution in [1.82, 2.24) is 25.1 Å². The highest BCUT2D eigenvalue weighted by Gasteiger charge is 2.28.